The molecule has 1 unspecified atom stereocenters. The van der Waals surface area contributed by atoms with E-state index in [0.29, 0.717) is 6.42 Å². The number of para-hydroxylation sites is 1. The summed E-state index contributed by atoms with van der Waals surface area (Å²) in [4.78, 5) is 11.9. The summed E-state index contributed by atoms with van der Waals surface area (Å²) >= 11 is 0. The van der Waals surface area contributed by atoms with Crippen LogP contribution in [0.3, 0.4) is 0 Å². The Balaban J connectivity index is 2.83. The van der Waals surface area contributed by atoms with Crippen LogP contribution in [0.1, 0.15) is 38.3 Å². The van der Waals surface area contributed by atoms with Crippen LogP contribution in [-0.4, -0.2) is 23.8 Å². The maximum atomic E-state index is 11.9. The van der Waals surface area contributed by atoms with Crippen molar-refractivity contribution in [2.45, 2.75) is 46.1 Å². The SMILES string of the molecule is CCc1cccc(CC)c1NC(=O)NC(CC)CO. The molecule has 0 saturated carbocycles. The number of carbonyl (C=O) groups is 1. The molecule has 0 bridgehead atoms. The number of nitrogens with one attached hydrogen (secondary N) is 2. The number of amides is 2. The predicted molar refractivity (Wildman–Crippen MR) is 78.5 cm³/mol. The van der Waals surface area contributed by atoms with Gasteiger partial charge in [-0.2, -0.15) is 0 Å². The summed E-state index contributed by atoms with van der Waals surface area (Å²) in [6.45, 7) is 6.03. The first kappa shape index (κ1) is 15.5. The minimum Gasteiger partial charge on any atom is -0.394 e. The molecular formula is C15H24N2O2. The first-order valence-corrected chi connectivity index (χ1v) is 6.95. The number of aryl methyl sites for hydroxylation is 2. The van der Waals surface area contributed by atoms with Crippen LogP contribution < -0.4 is 10.6 Å². The quantitative estimate of drug-likeness (QED) is 0.740. The maximum absolute atomic E-state index is 11.9. The summed E-state index contributed by atoms with van der Waals surface area (Å²) in [5, 5.41) is 14.8. The number of hydrogen-bond donors (Lipinski definition) is 3. The van der Waals surface area contributed by atoms with Gasteiger partial charge in [-0.1, -0.05) is 39.0 Å². The van der Waals surface area contributed by atoms with Gasteiger partial charge in [0.2, 0.25) is 0 Å². The fourth-order valence-electron chi connectivity index (χ4n) is 2.01. The molecule has 0 heterocycles. The molecule has 0 aliphatic rings. The second-order valence-electron chi connectivity index (χ2n) is 4.54. The van der Waals surface area contributed by atoms with E-state index in [1.165, 1.54) is 0 Å². The molecule has 1 aromatic rings. The molecular weight excluding hydrogens is 240 g/mol. The normalized spacial score (nSPS) is 12.0. The van der Waals surface area contributed by atoms with Gasteiger partial charge in [-0.15, -0.1) is 0 Å². The van der Waals surface area contributed by atoms with Gasteiger partial charge in [0.05, 0.1) is 12.6 Å². The van der Waals surface area contributed by atoms with Crippen LogP contribution in [0, 0.1) is 0 Å². The first-order valence-electron chi connectivity index (χ1n) is 6.95. The van der Waals surface area contributed by atoms with E-state index in [-0.39, 0.29) is 18.7 Å². The number of benzene rings is 1. The topological polar surface area (TPSA) is 61.4 Å². The highest BCUT2D eigenvalue weighted by Crippen LogP contribution is 2.22. The van der Waals surface area contributed by atoms with E-state index >= 15 is 0 Å². The average Bonchev–Trinajstić information content (AvgIpc) is 2.44. The number of aliphatic hydroxyl groups is 1. The minimum atomic E-state index is -0.253. The number of hydrogen-bond acceptors (Lipinski definition) is 2. The van der Waals surface area contributed by atoms with Crippen molar-refractivity contribution in [2.24, 2.45) is 0 Å². The molecule has 0 spiro atoms. The third-order valence-electron chi connectivity index (χ3n) is 3.29. The number of anilines is 1. The fraction of sp³-hybridized carbons (Fsp3) is 0.533. The summed E-state index contributed by atoms with van der Waals surface area (Å²) < 4.78 is 0. The molecule has 4 heteroatoms. The molecule has 0 saturated heterocycles. The van der Waals surface area contributed by atoms with Gasteiger partial charge in [0.15, 0.2) is 0 Å². The van der Waals surface area contributed by atoms with Gasteiger partial charge in [-0.3, -0.25) is 0 Å². The Bertz CT molecular complexity index is 392. The molecule has 3 N–H and O–H groups in total. The number of urea groups is 1. The standard InChI is InChI=1S/C15H24N2O2/c1-4-11-8-7-9-12(5-2)14(11)17-15(19)16-13(6-3)10-18/h7-9,13,18H,4-6,10H2,1-3H3,(H2,16,17,19). The van der Waals surface area contributed by atoms with E-state index in [9.17, 15) is 4.79 Å². The highest BCUT2D eigenvalue weighted by atomic mass is 16.3. The smallest absolute Gasteiger partial charge is 0.319 e. The third-order valence-corrected chi connectivity index (χ3v) is 3.29. The van der Waals surface area contributed by atoms with Gasteiger partial charge in [-0.25, -0.2) is 4.79 Å². The van der Waals surface area contributed by atoms with E-state index < -0.39 is 0 Å². The summed E-state index contributed by atoms with van der Waals surface area (Å²) in [6, 6.07) is 5.62. The van der Waals surface area contributed by atoms with Crippen LogP contribution in [0.25, 0.3) is 0 Å². The lowest BCUT2D eigenvalue weighted by molar-refractivity contribution is 0.222. The van der Waals surface area contributed by atoms with Crippen LogP contribution in [0.4, 0.5) is 10.5 Å². The zero-order valence-electron chi connectivity index (χ0n) is 12.0. The summed E-state index contributed by atoms with van der Waals surface area (Å²) in [6.07, 6.45) is 2.46. The molecule has 0 aliphatic carbocycles. The van der Waals surface area contributed by atoms with Gasteiger partial charge < -0.3 is 15.7 Å². The lowest BCUT2D eigenvalue weighted by Gasteiger charge is -2.18. The van der Waals surface area contributed by atoms with Gasteiger partial charge >= 0.3 is 6.03 Å². The molecule has 0 aliphatic heterocycles. The second kappa shape index (κ2) is 7.79. The summed E-state index contributed by atoms with van der Waals surface area (Å²) in [7, 11) is 0. The van der Waals surface area contributed by atoms with Gasteiger partial charge in [0.25, 0.3) is 0 Å². The van der Waals surface area contributed by atoms with Crippen LogP contribution in [-0.2, 0) is 12.8 Å². The average molecular weight is 264 g/mol. The zero-order valence-corrected chi connectivity index (χ0v) is 12.0. The van der Waals surface area contributed by atoms with Crippen LogP contribution >= 0.6 is 0 Å². The molecule has 2 amide bonds. The van der Waals surface area contributed by atoms with Crippen LogP contribution in [0.15, 0.2) is 18.2 Å². The summed E-state index contributed by atoms with van der Waals surface area (Å²) in [5.41, 5.74) is 3.16. The van der Waals surface area contributed by atoms with Crippen molar-refractivity contribution in [2.75, 3.05) is 11.9 Å². The van der Waals surface area contributed by atoms with E-state index in [0.717, 1.165) is 29.7 Å². The van der Waals surface area contributed by atoms with E-state index in [4.69, 9.17) is 5.11 Å². The molecule has 0 fully saturated rings. The van der Waals surface area contributed by atoms with Crippen LogP contribution in [0.2, 0.25) is 0 Å². The third kappa shape index (κ3) is 4.24. The maximum Gasteiger partial charge on any atom is 0.319 e. The highest BCUT2D eigenvalue weighted by molar-refractivity contribution is 5.91. The Morgan fingerprint density at radius 1 is 1.21 bits per heavy atom. The Morgan fingerprint density at radius 2 is 1.79 bits per heavy atom. The highest BCUT2D eigenvalue weighted by Gasteiger charge is 2.12. The lowest BCUT2D eigenvalue weighted by Crippen LogP contribution is -2.40. The molecule has 0 radical (unpaired) electrons. The number of aliphatic hydroxyl groups excluding tert-OH is 1. The van der Waals surface area contributed by atoms with Crippen LogP contribution in [0.5, 0.6) is 0 Å². The minimum absolute atomic E-state index is 0.0417. The largest absolute Gasteiger partial charge is 0.394 e. The van der Waals surface area contributed by atoms with Gasteiger partial charge in [0.1, 0.15) is 0 Å². The van der Waals surface area contributed by atoms with E-state index in [2.05, 4.69) is 24.5 Å². The zero-order chi connectivity index (χ0) is 14.3. The Morgan fingerprint density at radius 3 is 2.21 bits per heavy atom. The molecule has 1 rings (SSSR count). The van der Waals surface area contributed by atoms with Crippen molar-refractivity contribution >= 4 is 11.7 Å². The van der Waals surface area contributed by atoms with Gasteiger partial charge in [0, 0.05) is 5.69 Å². The number of rotatable bonds is 6. The van der Waals surface area contributed by atoms with Gasteiger partial charge in [-0.05, 0) is 30.4 Å². The molecule has 1 atom stereocenters. The second-order valence-corrected chi connectivity index (χ2v) is 4.54. The first-order chi connectivity index (χ1) is 9.15. The molecule has 0 aromatic heterocycles. The molecule has 1 aromatic carbocycles. The van der Waals surface area contributed by atoms with Crippen molar-refractivity contribution in [3.63, 3.8) is 0 Å². The van der Waals surface area contributed by atoms with Crippen molar-refractivity contribution < 1.29 is 9.90 Å². The predicted octanol–water partition coefficient (Wildman–Crippen LogP) is 2.70. The fourth-order valence-corrected chi connectivity index (χ4v) is 2.01. The lowest BCUT2D eigenvalue weighted by atomic mass is 10.0. The Kier molecular flexibility index (Phi) is 6.36. The summed E-state index contributed by atoms with van der Waals surface area (Å²) in [5.74, 6) is 0. The van der Waals surface area contributed by atoms with E-state index in [1.54, 1.807) is 0 Å². The van der Waals surface area contributed by atoms with Crippen molar-refractivity contribution in [1.82, 2.24) is 5.32 Å². The monoisotopic (exact) mass is 264 g/mol. The van der Waals surface area contributed by atoms with Crippen molar-refractivity contribution in [3.05, 3.63) is 29.3 Å². The number of carbonyl (C=O) groups excluding carboxylic acids is 1. The van der Waals surface area contributed by atoms with Crippen molar-refractivity contribution in [3.8, 4) is 0 Å². The van der Waals surface area contributed by atoms with E-state index in [1.807, 2.05) is 25.1 Å². The molecule has 106 valence electrons. The molecule has 19 heavy (non-hydrogen) atoms. The molecule has 4 nitrogen and oxygen atoms in total. The Hall–Kier alpha value is -1.55. The van der Waals surface area contributed by atoms with Crippen molar-refractivity contribution in [1.29, 1.82) is 0 Å². The Labute approximate surface area is 115 Å².